The number of benzene rings is 1. The quantitative estimate of drug-likeness (QED) is 0.494. The predicted octanol–water partition coefficient (Wildman–Crippen LogP) is 0.547. The fourth-order valence-electron chi connectivity index (χ4n) is 1.11. The van der Waals surface area contributed by atoms with Crippen molar-refractivity contribution in [2.45, 2.75) is 12.7 Å². The first-order valence-corrected chi connectivity index (χ1v) is 5.51. The molecule has 0 unspecified atom stereocenters. The highest BCUT2D eigenvalue weighted by Crippen LogP contribution is 2.24. The number of anilines is 2. The van der Waals surface area contributed by atoms with Crippen LogP contribution in [0.15, 0.2) is 12.1 Å². The fraction of sp³-hybridized carbons (Fsp3) is 0.250. The minimum Gasteiger partial charge on any atom is -0.397 e. The first-order valence-electron chi connectivity index (χ1n) is 3.90. The number of rotatable bonds is 2. The van der Waals surface area contributed by atoms with Gasteiger partial charge in [-0.25, -0.2) is 0 Å². The summed E-state index contributed by atoms with van der Waals surface area (Å²) in [4.78, 5) is 0. The molecule has 0 bridgehead atoms. The molecule has 6 heteroatoms. The molecule has 0 saturated carbocycles. The third-order valence-corrected chi connectivity index (χ3v) is 2.61. The van der Waals surface area contributed by atoms with Gasteiger partial charge in [0.15, 0.2) is 0 Å². The van der Waals surface area contributed by atoms with Crippen LogP contribution < -0.4 is 11.5 Å². The zero-order chi connectivity index (χ0) is 10.9. The largest absolute Gasteiger partial charge is 0.397 e. The Morgan fingerprint density at radius 2 is 1.86 bits per heavy atom. The molecule has 0 aromatic heterocycles. The molecule has 5 nitrogen and oxygen atoms in total. The van der Waals surface area contributed by atoms with Gasteiger partial charge in [-0.05, 0) is 18.1 Å². The Kier molecular flexibility index (Phi) is 2.68. The third kappa shape index (κ3) is 2.36. The van der Waals surface area contributed by atoms with Gasteiger partial charge in [0.25, 0.3) is 10.1 Å². The van der Waals surface area contributed by atoms with E-state index < -0.39 is 15.9 Å². The lowest BCUT2D eigenvalue weighted by Gasteiger charge is -2.08. The second-order valence-electron chi connectivity index (χ2n) is 3.10. The molecular formula is C8H12N2O3S. The molecule has 78 valence electrons. The van der Waals surface area contributed by atoms with Crippen molar-refractivity contribution in [1.29, 1.82) is 0 Å². The molecular weight excluding hydrogens is 204 g/mol. The van der Waals surface area contributed by atoms with Crippen molar-refractivity contribution >= 4 is 21.5 Å². The summed E-state index contributed by atoms with van der Waals surface area (Å²) in [5.41, 5.74) is 12.8. The smallest absolute Gasteiger partial charge is 0.269 e. The molecule has 5 N–H and O–H groups in total. The van der Waals surface area contributed by atoms with E-state index in [4.69, 9.17) is 16.0 Å². The molecule has 0 amide bonds. The second kappa shape index (κ2) is 3.47. The molecule has 1 aromatic rings. The van der Waals surface area contributed by atoms with Crippen molar-refractivity contribution < 1.29 is 13.0 Å². The Bertz CT molecular complexity index is 454. The van der Waals surface area contributed by atoms with Crippen LogP contribution in [0.25, 0.3) is 0 Å². The summed E-state index contributed by atoms with van der Waals surface area (Å²) in [6.07, 6.45) is 0. The first kappa shape index (κ1) is 10.8. The minimum absolute atomic E-state index is 0.211. The van der Waals surface area contributed by atoms with E-state index in [2.05, 4.69) is 0 Å². The van der Waals surface area contributed by atoms with E-state index in [0.29, 0.717) is 11.3 Å². The molecule has 14 heavy (non-hydrogen) atoms. The molecule has 0 spiro atoms. The van der Waals surface area contributed by atoms with Gasteiger partial charge in [-0.15, -0.1) is 0 Å². The molecule has 0 aliphatic carbocycles. The Morgan fingerprint density at radius 3 is 2.36 bits per heavy atom. The maximum absolute atomic E-state index is 10.6. The highest BCUT2D eigenvalue weighted by Gasteiger charge is 2.11. The Hall–Kier alpha value is -1.27. The summed E-state index contributed by atoms with van der Waals surface area (Å²) >= 11 is 0. The predicted molar refractivity (Wildman–Crippen MR) is 55.3 cm³/mol. The monoisotopic (exact) mass is 216 g/mol. The molecule has 0 radical (unpaired) electrons. The number of aryl methyl sites for hydroxylation is 1. The molecule has 0 aliphatic heterocycles. The highest BCUT2D eigenvalue weighted by atomic mass is 32.2. The van der Waals surface area contributed by atoms with Crippen LogP contribution in [0.4, 0.5) is 11.4 Å². The summed E-state index contributed by atoms with van der Waals surface area (Å²) in [6, 6.07) is 3.20. The first-order chi connectivity index (χ1) is 6.31. The molecule has 0 aliphatic rings. The van der Waals surface area contributed by atoms with Crippen LogP contribution in [-0.4, -0.2) is 13.0 Å². The Labute approximate surface area is 82.5 Å². The van der Waals surface area contributed by atoms with Gasteiger partial charge in [0.1, 0.15) is 5.75 Å². The summed E-state index contributed by atoms with van der Waals surface area (Å²) < 4.78 is 29.8. The number of nitrogen functional groups attached to an aromatic ring is 2. The van der Waals surface area contributed by atoms with Gasteiger partial charge in [-0.2, -0.15) is 8.42 Å². The van der Waals surface area contributed by atoms with Gasteiger partial charge < -0.3 is 11.5 Å². The maximum atomic E-state index is 10.6. The van der Waals surface area contributed by atoms with Crippen molar-refractivity contribution in [3.05, 3.63) is 23.3 Å². The van der Waals surface area contributed by atoms with E-state index in [1.54, 1.807) is 13.0 Å². The van der Waals surface area contributed by atoms with Crippen molar-refractivity contribution in [3.8, 4) is 0 Å². The highest BCUT2D eigenvalue weighted by molar-refractivity contribution is 7.85. The van der Waals surface area contributed by atoms with E-state index in [9.17, 15) is 8.42 Å². The van der Waals surface area contributed by atoms with Gasteiger partial charge in [0.2, 0.25) is 0 Å². The SMILES string of the molecule is Cc1ccc(CS(=O)(=O)O)c(N)c1N. The van der Waals surface area contributed by atoms with E-state index in [-0.39, 0.29) is 5.69 Å². The summed E-state index contributed by atoms with van der Waals surface area (Å²) in [5.74, 6) is -0.511. The van der Waals surface area contributed by atoms with Crippen LogP contribution in [0, 0.1) is 6.92 Å². The van der Waals surface area contributed by atoms with E-state index >= 15 is 0 Å². The normalized spacial score (nSPS) is 11.6. The molecule has 0 saturated heterocycles. The fourth-order valence-corrected chi connectivity index (χ4v) is 1.76. The average molecular weight is 216 g/mol. The van der Waals surface area contributed by atoms with Crippen LogP contribution in [0.2, 0.25) is 0 Å². The molecule has 1 aromatic carbocycles. The van der Waals surface area contributed by atoms with Crippen LogP contribution in [0.5, 0.6) is 0 Å². The average Bonchev–Trinajstić information content (AvgIpc) is 2.04. The standard InChI is InChI=1S/C8H12N2O3S/c1-5-2-3-6(4-14(11,12)13)8(10)7(5)9/h2-3H,4,9-10H2,1H3,(H,11,12,13). The summed E-state index contributed by atoms with van der Waals surface area (Å²) in [6.45, 7) is 1.77. The van der Waals surface area contributed by atoms with Gasteiger partial charge >= 0.3 is 0 Å². The zero-order valence-corrected chi connectivity index (χ0v) is 8.50. The lowest BCUT2D eigenvalue weighted by atomic mass is 10.1. The molecule has 1 rings (SSSR count). The van der Waals surface area contributed by atoms with E-state index in [1.165, 1.54) is 6.07 Å². The molecule has 0 heterocycles. The summed E-state index contributed by atoms with van der Waals surface area (Å²) in [7, 11) is -4.06. The van der Waals surface area contributed by atoms with Gasteiger partial charge in [-0.3, -0.25) is 4.55 Å². The third-order valence-electron chi connectivity index (χ3n) is 1.93. The van der Waals surface area contributed by atoms with Gasteiger partial charge in [0.05, 0.1) is 11.4 Å². The van der Waals surface area contributed by atoms with Crippen LogP contribution in [0.1, 0.15) is 11.1 Å². The lowest BCUT2D eigenvalue weighted by molar-refractivity contribution is 0.482. The molecule has 0 fully saturated rings. The topological polar surface area (TPSA) is 106 Å². The van der Waals surface area contributed by atoms with Crippen molar-refractivity contribution in [2.75, 3.05) is 11.5 Å². The number of nitrogens with two attached hydrogens (primary N) is 2. The van der Waals surface area contributed by atoms with E-state index in [1.807, 2.05) is 0 Å². The Balaban J connectivity index is 3.19. The molecule has 0 atom stereocenters. The van der Waals surface area contributed by atoms with Gasteiger partial charge in [-0.1, -0.05) is 12.1 Å². The second-order valence-corrected chi connectivity index (χ2v) is 4.55. The van der Waals surface area contributed by atoms with Crippen molar-refractivity contribution in [2.24, 2.45) is 0 Å². The van der Waals surface area contributed by atoms with Gasteiger partial charge in [0, 0.05) is 0 Å². The Morgan fingerprint density at radius 1 is 1.29 bits per heavy atom. The zero-order valence-electron chi connectivity index (χ0n) is 7.69. The minimum atomic E-state index is -4.06. The van der Waals surface area contributed by atoms with Crippen molar-refractivity contribution in [3.63, 3.8) is 0 Å². The van der Waals surface area contributed by atoms with Crippen LogP contribution >= 0.6 is 0 Å². The summed E-state index contributed by atoms with van der Waals surface area (Å²) in [5, 5.41) is 0. The number of hydrogen-bond donors (Lipinski definition) is 3. The van der Waals surface area contributed by atoms with Crippen LogP contribution in [0.3, 0.4) is 0 Å². The van der Waals surface area contributed by atoms with Crippen LogP contribution in [-0.2, 0) is 15.9 Å². The van der Waals surface area contributed by atoms with Crippen molar-refractivity contribution in [1.82, 2.24) is 0 Å². The lowest BCUT2D eigenvalue weighted by Crippen LogP contribution is -2.07. The number of hydrogen-bond acceptors (Lipinski definition) is 4. The maximum Gasteiger partial charge on any atom is 0.269 e. The van der Waals surface area contributed by atoms with E-state index in [0.717, 1.165) is 5.56 Å².